The monoisotopic (exact) mass is 296 g/mol. The summed E-state index contributed by atoms with van der Waals surface area (Å²) >= 11 is 0. The van der Waals surface area contributed by atoms with Crippen molar-refractivity contribution >= 4 is 17.5 Å². The van der Waals surface area contributed by atoms with Gasteiger partial charge >= 0.3 is 5.97 Å². The van der Waals surface area contributed by atoms with Crippen molar-refractivity contribution in [2.75, 3.05) is 7.11 Å². The zero-order valence-corrected chi connectivity index (χ0v) is 12.0. The Balaban J connectivity index is 2.25. The highest BCUT2D eigenvalue weighted by atomic mass is 16.5. The molecule has 0 saturated carbocycles. The first-order valence-electron chi connectivity index (χ1n) is 6.62. The van der Waals surface area contributed by atoms with E-state index in [1.807, 2.05) is 0 Å². The molecule has 0 aliphatic heterocycles. The Morgan fingerprint density at radius 2 is 1.59 bits per heavy atom. The van der Waals surface area contributed by atoms with E-state index in [4.69, 9.17) is 9.47 Å². The lowest BCUT2D eigenvalue weighted by molar-refractivity contribution is -0.131. The molecule has 0 saturated heterocycles. The highest BCUT2D eigenvalue weighted by Gasteiger charge is 2.33. The highest BCUT2D eigenvalue weighted by molar-refractivity contribution is 6.29. The number of fused-ring (bicyclic) bond motifs is 2. The van der Waals surface area contributed by atoms with Crippen LogP contribution in [0.2, 0.25) is 0 Å². The van der Waals surface area contributed by atoms with E-state index in [9.17, 15) is 14.4 Å². The van der Waals surface area contributed by atoms with Crippen LogP contribution >= 0.6 is 0 Å². The van der Waals surface area contributed by atoms with Gasteiger partial charge in [0.05, 0.1) is 12.7 Å². The molecule has 5 nitrogen and oxygen atoms in total. The number of hydrogen-bond acceptors (Lipinski definition) is 5. The molecule has 110 valence electrons. The smallest absolute Gasteiger partial charge is 0.308 e. The SMILES string of the molecule is COc1cc(OC(C)=O)cc2c1C(=O)c1ccccc1C2=O. The molecule has 2 aromatic carbocycles. The fourth-order valence-electron chi connectivity index (χ4n) is 2.55. The van der Waals surface area contributed by atoms with E-state index >= 15 is 0 Å². The van der Waals surface area contributed by atoms with Gasteiger partial charge in [0.15, 0.2) is 11.6 Å². The quantitative estimate of drug-likeness (QED) is 0.536. The summed E-state index contributed by atoms with van der Waals surface area (Å²) in [7, 11) is 1.39. The van der Waals surface area contributed by atoms with Gasteiger partial charge in [0.2, 0.25) is 0 Å². The molecule has 0 aromatic heterocycles. The van der Waals surface area contributed by atoms with E-state index in [0.29, 0.717) is 11.1 Å². The molecule has 0 fully saturated rings. The molecular formula is C17H12O5. The Bertz CT molecular complexity index is 820. The second kappa shape index (κ2) is 5.11. The number of methoxy groups -OCH3 is 1. The van der Waals surface area contributed by atoms with Crippen molar-refractivity contribution in [1.82, 2.24) is 0 Å². The first kappa shape index (κ1) is 14.0. The van der Waals surface area contributed by atoms with Crippen molar-refractivity contribution in [1.29, 1.82) is 0 Å². The molecule has 1 aliphatic carbocycles. The summed E-state index contributed by atoms with van der Waals surface area (Å²) in [4.78, 5) is 36.3. The minimum absolute atomic E-state index is 0.170. The molecule has 0 amide bonds. The average Bonchev–Trinajstić information content (AvgIpc) is 2.51. The van der Waals surface area contributed by atoms with E-state index in [1.54, 1.807) is 24.3 Å². The summed E-state index contributed by atoms with van der Waals surface area (Å²) in [5.74, 6) is -0.712. The van der Waals surface area contributed by atoms with E-state index in [1.165, 1.54) is 26.2 Å². The van der Waals surface area contributed by atoms with Crippen LogP contribution in [0.4, 0.5) is 0 Å². The third-order valence-electron chi connectivity index (χ3n) is 3.45. The van der Waals surface area contributed by atoms with Crippen molar-refractivity contribution in [2.24, 2.45) is 0 Å². The Hall–Kier alpha value is -2.95. The molecule has 2 aromatic rings. The predicted octanol–water partition coefficient (Wildman–Crippen LogP) is 2.40. The van der Waals surface area contributed by atoms with Crippen molar-refractivity contribution in [3.8, 4) is 11.5 Å². The summed E-state index contributed by atoms with van der Waals surface area (Å²) in [6.45, 7) is 1.26. The molecule has 22 heavy (non-hydrogen) atoms. The summed E-state index contributed by atoms with van der Waals surface area (Å²) in [6.07, 6.45) is 0. The maximum Gasteiger partial charge on any atom is 0.308 e. The average molecular weight is 296 g/mol. The first-order valence-corrected chi connectivity index (χ1v) is 6.62. The predicted molar refractivity (Wildman–Crippen MR) is 77.6 cm³/mol. The molecule has 0 unspecified atom stereocenters. The molecule has 1 aliphatic rings. The van der Waals surface area contributed by atoms with Crippen LogP contribution in [0.1, 0.15) is 38.8 Å². The van der Waals surface area contributed by atoms with E-state index in [2.05, 4.69) is 0 Å². The van der Waals surface area contributed by atoms with E-state index in [-0.39, 0.29) is 34.2 Å². The third-order valence-corrected chi connectivity index (χ3v) is 3.45. The van der Waals surface area contributed by atoms with E-state index in [0.717, 1.165) is 0 Å². The van der Waals surface area contributed by atoms with Gasteiger partial charge in [0.1, 0.15) is 11.5 Å². The van der Waals surface area contributed by atoms with Gasteiger partial charge in [0.25, 0.3) is 0 Å². The Kier molecular flexibility index (Phi) is 3.25. The summed E-state index contributed by atoms with van der Waals surface area (Å²) < 4.78 is 10.2. The fraction of sp³-hybridized carbons (Fsp3) is 0.118. The fourth-order valence-corrected chi connectivity index (χ4v) is 2.55. The number of benzene rings is 2. The van der Waals surface area contributed by atoms with Crippen LogP contribution in [0, 0.1) is 0 Å². The zero-order chi connectivity index (χ0) is 15.9. The van der Waals surface area contributed by atoms with E-state index < -0.39 is 5.97 Å². The number of carbonyl (C=O) groups excluding carboxylic acids is 3. The van der Waals surface area contributed by atoms with Crippen molar-refractivity contribution in [3.05, 3.63) is 58.7 Å². The molecule has 3 rings (SSSR count). The first-order chi connectivity index (χ1) is 10.5. The highest BCUT2D eigenvalue weighted by Crippen LogP contribution is 2.36. The maximum absolute atomic E-state index is 12.6. The lowest BCUT2D eigenvalue weighted by Crippen LogP contribution is -2.22. The van der Waals surface area contributed by atoms with Crippen LogP contribution in [0.3, 0.4) is 0 Å². The molecule has 0 radical (unpaired) electrons. The molecule has 0 spiro atoms. The molecular weight excluding hydrogens is 284 g/mol. The Morgan fingerprint density at radius 1 is 0.955 bits per heavy atom. The number of rotatable bonds is 2. The van der Waals surface area contributed by atoms with Gasteiger partial charge in [-0.3, -0.25) is 14.4 Å². The number of ether oxygens (including phenoxy) is 2. The Morgan fingerprint density at radius 3 is 2.18 bits per heavy atom. The standard InChI is InChI=1S/C17H12O5/c1-9(18)22-10-7-13-15(14(8-10)21-2)17(20)12-6-4-3-5-11(12)16(13)19/h3-8H,1-2H3. The number of esters is 1. The summed E-state index contributed by atoms with van der Waals surface area (Å²) in [6, 6.07) is 9.44. The van der Waals surface area contributed by atoms with Gasteiger partial charge in [-0.05, 0) is 6.07 Å². The molecule has 0 N–H and O–H groups in total. The minimum atomic E-state index is -0.517. The maximum atomic E-state index is 12.6. The molecule has 5 heteroatoms. The lowest BCUT2D eigenvalue weighted by Gasteiger charge is -2.20. The molecule has 0 heterocycles. The van der Waals surface area contributed by atoms with Crippen LogP contribution in [0.15, 0.2) is 36.4 Å². The third kappa shape index (κ3) is 2.07. The Labute approximate surface area is 126 Å². The second-order valence-corrected chi connectivity index (χ2v) is 4.85. The summed E-state index contributed by atoms with van der Waals surface area (Å²) in [5.41, 5.74) is 1.06. The molecule has 0 bridgehead atoms. The topological polar surface area (TPSA) is 69.7 Å². The van der Waals surface area contributed by atoms with Gasteiger partial charge in [-0.15, -0.1) is 0 Å². The van der Waals surface area contributed by atoms with Gasteiger partial charge < -0.3 is 9.47 Å². The lowest BCUT2D eigenvalue weighted by atomic mass is 9.83. The van der Waals surface area contributed by atoms with Crippen molar-refractivity contribution in [3.63, 3.8) is 0 Å². The second-order valence-electron chi connectivity index (χ2n) is 4.85. The van der Waals surface area contributed by atoms with Crippen LogP contribution in [0.25, 0.3) is 0 Å². The van der Waals surface area contributed by atoms with Crippen molar-refractivity contribution in [2.45, 2.75) is 6.92 Å². The van der Waals surface area contributed by atoms with Crippen molar-refractivity contribution < 1.29 is 23.9 Å². The summed E-state index contributed by atoms with van der Waals surface area (Å²) in [5, 5.41) is 0. The number of ketones is 2. The van der Waals surface area contributed by atoms with Gasteiger partial charge in [-0.25, -0.2) is 0 Å². The number of carbonyl (C=O) groups is 3. The van der Waals surface area contributed by atoms with Gasteiger partial charge in [0, 0.05) is 29.7 Å². The van der Waals surface area contributed by atoms with Crippen LogP contribution in [0.5, 0.6) is 11.5 Å². The van der Waals surface area contributed by atoms with Crippen LogP contribution in [-0.4, -0.2) is 24.6 Å². The van der Waals surface area contributed by atoms with Crippen LogP contribution < -0.4 is 9.47 Å². The molecule has 0 atom stereocenters. The largest absolute Gasteiger partial charge is 0.496 e. The van der Waals surface area contributed by atoms with Crippen LogP contribution in [-0.2, 0) is 4.79 Å². The van der Waals surface area contributed by atoms with Gasteiger partial charge in [-0.2, -0.15) is 0 Å². The normalized spacial score (nSPS) is 12.5. The zero-order valence-electron chi connectivity index (χ0n) is 12.0. The minimum Gasteiger partial charge on any atom is -0.496 e. The van der Waals surface area contributed by atoms with Gasteiger partial charge in [-0.1, -0.05) is 24.3 Å². The number of hydrogen-bond donors (Lipinski definition) is 0.